The summed E-state index contributed by atoms with van der Waals surface area (Å²) in [5, 5.41) is 6.37. The Morgan fingerprint density at radius 3 is 2.80 bits per heavy atom. The molecule has 0 aliphatic carbocycles. The van der Waals surface area contributed by atoms with Gasteiger partial charge in [0.25, 0.3) is 0 Å². The van der Waals surface area contributed by atoms with Crippen LogP contribution in [0.1, 0.15) is 29.8 Å². The molecule has 1 unspecified atom stereocenters. The van der Waals surface area contributed by atoms with Gasteiger partial charge in [0.1, 0.15) is 5.75 Å². The predicted molar refractivity (Wildman–Crippen MR) is 90.2 cm³/mol. The summed E-state index contributed by atoms with van der Waals surface area (Å²) in [4.78, 5) is 1.24. The summed E-state index contributed by atoms with van der Waals surface area (Å²) in [6.45, 7) is 3.09. The maximum atomic E-state index is 6.16. The molecule has 0 spiro atoms. The van der Waals surface area contributed by atoms with Crippen LogP contribution in [0.15, 0.2) is 34.1 Å². The number of benzene rings is 1. The molecule has 1 heterocycles. The van der Waals surface area contributed by atoms with Crippen LogP contribution in [0.25, 0.3) is 0 Å². The molecule has 1 aromatic carbocycles. The van der Waals surface area contributed by atoms with Crippen molar-refractivity contribution in [3.8, 4) is 5.75 Å². The SMILES string of the molecule is CCCNC(c1cc(Cl)ccc1OC)c1sccc1Br. The van der Waals surface area contributed by atoms with Crippen molar-refractivity contribution in [3.63, 3.8) is 0 Å². The van der Waals surface area contributed by atoms with Crippen LogP contribution in [0, 0.1) is 0 Å². The van der Waals surface area contributed by atoms with Gasteiger partial charge < -0.3 is 10.1 Å². The van der Waals surface area contributed by atoms with E-state index in [1.165, 1.54) is 4.88 Å². The van der Waals surface area contributed by atoms with Crippen molar-refractivity contribution in [2.24, 2.45) is 0 Å². The smallest absolute Gasteiger partial charge is 0.124 e. The highest BCUT2D eigenvalue weighted by atomic mass is 79.9. The standard InChI is InChI=1S/C15H17BrClNOS/c1-3-7-18-14(15-12(16)6-8-20-15)11-9-10(17)4-5-13(11)19-2/h4-6,8-9,14,18H,3,7H2,1-2H3. The minimum Gasteiger partial charge on any atom is -0.496 e. The van der Waals surface area contributed by atoms with Gasteiger partial charge in [0, 0.05) is 19.9 Å². The second-order valence-corrected chi connectivity index (χ2v) is 6.64. The van der Waals surface area contributed by atoms with Crippen molar-refractivity contribution >= 4 is 38.9 Å². The van der Waals surface area contributed by atoms with Crippen molar-refractivity contribution < 1.29 is 4.74 Å². The Bertz CT molecular complexity index is 573. The van der Waals surface area contributed by atoms with Crippen LogP contribution in [0.3, 0.4) is 0 Å². The van der Waals surface area contributed by atoms with Crippen LogP contribution in [-0.2, 0) is 0 Å². The minimum atomic E-state index is 0.0815. The van der Waals surface area contributed by atoms with E-state index in [1.807, 2.05) is 18.2 Å². The number of hydrogen-bond donors (Lipinski definition) is 1. The summed E-state index contributed by atoms with van der Waals surface area (Å²) in [7, 11) is 1.69. The Hall–Kier alpha value is -0.550. The molecular weight excluding hydrogens is 358 g/mol. The first kappa shape index (κ1) is 15.8. The summed E-state index contributed by atoms with van der Waals surface area (Å²) >= 11 is 11.5. The summed E-state index contributed by atoms with van der Waals surface area (Å²) < 4.78 is 6.60. The van der Waals surface area contributed by atoms with Crippen molar-refractivity contribution in [2.75, 3.05) is 13.7 Å². The van der Waals surface area contributed by atoms with Crippen LogP contribution >= 0.6 is 38.9 Å². The molecule has 0 amide bonds. The molecule has 2 aromatic rings. The number of thiophene rings is 1. The summed E-state index contributed by atoms with van der Waals surface area (Å²) in [5.41, 5.74) is 1.07. The van der Waals surface area contributed by atoms with E-state index in [1.54, 1.807) is 18.4 Å². The fourth-order valence-electron chi connectivity index (χ4n) is 2.07. The van der Waals surface area contributed by atoms with Gasteiger partial charge in [-0.3, -0.25) is 0 Å². The molecule has 0 radical (unpaired) electrons. The summed E-state index contributed by atoms with van der Waals surface area (Å²) in [5.74, 6) is 0.850. The molecule has 1 N–H and O–H groups in total. The molecular formula is C15H17BrClNOS. The van der Waals surface area contributed by atoms with E-state index in [2.05, 4.69) is 39.6 Å². The first-order valence-electron chi connectivity index (χ1n) is 6.47. The molecule has 20 heavy (non-hydrogen) atoms. The van der Waals surface area contributed by atoms with Gasteiger partial charge in [0.15, 0.2) is 0 Å². The van der Waals surface area contributed by atoms with E-state index in [0.717, 1.165) is 33.8 Å². The van der Waals surface area contributed by atoms with E-state index in [9.17, 15) is 0 Å². The molecule has 0 aliphatic heterocycles. The van der Waals surface area contributed by atoms with Gasteiger partial charge in [0.2, 0.25) is 0 Å². The van der Waals surface area contributed by atoms with Crippen LogP contribution < -0.4 is 10.1 Å². The quantitative estimate of drug-likeness (QED) is 0.744. The van der Waals surface area contributed by atoms with Gasteiger partial charge in [-0.05, 0) is 58.5 Å². The Labute approximate surface area is 137 Å². The van der Waals surface area contributed by atoms with Crippen molar-refractivity contribution in [1.29, 1.82) is 0 Å². The molecule has 2 rings (SSSR count). The number of hydrogen-bond acceptors (Lipinski definition) is 3. The Kier molecular flexibility index (Phi) is 5.90. The highest BCUT2D eigenvalue weighted by molar-refractivity contribution is 9.10. The third-order valence-corrected chi connectivity index (χ3v) is 5.18. The molecule has 108 valence electrons. The molecule has 0 fully saturated rings. The highest BCUT2D eigenvalue weighted by Crippen LogP contribution is 2.38. The Balaban J connectivity index is 2.46. The van der Waals surface area contributed by atoms with E-state index < -0.39 is 0 Å². The molecule has 2 nitrogen and oxygen atoms in total. The first-order valence-corrected chi connectivity index (χ1v) is 8.52. The average molecular weight is 375 g/mol. The van der Waals surface area contributed by atoms with Gasteiger partial charge in [-0.2, -0.15) is 0 Å². The summed E-state index contributed by atoms with van der Waals surface area (Å²) in [6, 6.07) is 7.89. The maximum absolute atomic E-state index is 6.16. The number of rotatable bonds is 6. The van der Waals surface area contributed by atoms with Gasteiger partial charge in [0.05, 0.1) is 13.2 Å². The van der Waals surface area contributed by atoms with E-state index in [0.29, 0.717) is 0 Å². The largest absolute Gasteiger partial charge is 0.496 e. The van der Waals surface area contributed by atoms with Crippen LogP contribution in [-0.4, -0.2) is 13.7 Å². The predicted octanol–water partition coefficient (Wildman–Crippen LogP) is 5.26. The molecule has 1 atom stereocenters. The summed E-state index contributed by atoms with van der Waals surface area (Å²) in [6.07, 6.45) is 1.07. The highest BCUT2D eigenvalue weighted by Gasteiger charge is 2.21. The van der Waals surface area contributed by atoms with Gasteiger partial charge in [-0.25, -0.2) is 0 Å². The zero-order valence-corrected chi connectivity index (χ0v) is 14.6. The van der Waals surface area contributed by atoms with Gasteiger partial charge in [-0.15, -0.1) is 11.3 Å². The lowest BCUT2D eigenvalue weighted by molar-refractivity contribution is 0.404. The number of methoxy groups -OCH3 is 1. The van der Waals surface area contributed by atoms with Gasteiger partial charge >= 0.3 is 0 Å². The van der Waals surface area contributed by atoms with E-state index in [-0.39, 0.29) is 6.04 Å². The Morgan fingerprint density at radius 1 is 1.40 bits per heavy atom. The number of halogens is 2. The maximum Gasteiger partial charge on any atom is 0.124 e. The molecule has 1 aromatic heterocycles. The molecule has 0 saturated heterocycles. The van der Waals surface area contributed by atoms with Crippen LogP contribution in [0.4, 0.5) is 0 Å². The minimum absolute atomic E-state index is 0.0815. The van der Waals surface area contributed by atoms with E-state index >= 15 is 0 Å². The number of nitrogens with one attached hydrogen (secondary N) is 1. The van der Waals surface area contributed by atoms with Gasteiger partial charge in [-0.1, -0.05) is 18.5 Å². The second kappa shape index (κ2) is 7.46. The normalized spacial score (nSPS) is 12.4. The average Bonchev–Trinajstić information content (AvgIpc) is 2.86. The monoisotopic (exact) mass is 373 g/mol. The van der Waals surface area contributed by atoms with E-state index in [4.69, 9.17) is 16.3 Å². The molecule has 0 aliphatic rings. The second-order valence-electron chi connectivity index (χ2n) is 4.41. The van der Waals surface area contributed by atoms with Crippen LogP contribution in [0.5, 0.6) is 5.75 Å². The first-order chi connectivity index (χ1) is 9.67. The zero-order valence-electron chi connectivity index (χ0n) is 11.5. The molecule has 0 saturated carbocycles. The fraction of sp³-hybridized carbons (Fsp3) is 0.333. The topological polar surface area (TPSA) is 21.3 Å². The zero-order chi connectivity index (χ0) is 14.5. The lowest BCUT2D eigenvalue weighted by Gasteiger charge is -2.21. The lowest BCUT2D eigenvalue weighted by Crippen LogP contribution is -2.23. The Morgan fingerprint density at radius 2 is 2.20 bits per heavy atom. The molecule has 0 bridgehead atoms. The van der Waals surface area contributed by atoms with Crippen molar-refractivity contribution in [2.45, 2.75) is 19.4 Å². The lowest BCUT2D eigenvalue weighted by atomic mass is 10.0. The third kappa shape index (κ3) is 3.55. The third-order valence-electron chi connectivity index (χ3n) is 3.01. The fourth-order valence-corrected chi connectivity index (χ4v) is 3.95. The molecule has 5 heteroatoms. The van der Waals surface area contributed by atoms with Crippen molar-refractivity contribution in [1.82, 2.24) is 5.32 Å². The number of ether oxygens (including phenoxy) is 1. The van der Waals surface area contributed by atoms with Crippen molar-refractivity contribution in [3.05, 3.63) is 49.6 Å². The van der Waals surface area contributed by atoms with Crippen LogP contribution in [0.2, 0.25) is 5.02 Å².